The maximum atomic E-state index is 12.2. The lowest BCUT2D eigenvalue weighted by molar-refractivity contribution is 0.0288. The van der Waals surface area contributed by atoms with Crippen molar-refractivity contribution in [2.45, 2.75) is 39.2 Å². The van der Waals surface area contributed by atoms with Crippen LogP contribution in [0.5, 0.6) is 0 Å². The smallest absolute Gasteiger partial charge is 0.410 e. The minimum absolute atomic E-state index is 0.196. The second-order valence-electron chi connectivity index (χ2n) is 7.39. The largest absolute Gasteiger partial charge is 0.444 e. The summed E-state index contributed by atoms with van der Waals surface area (Å²) in [6.45, 7) is 7.26. The standard InChI is InChI=1S/C18H25N3O2/c1-18(2,3)23-17(22)21-9-7-13(12-21)10-14-11-15-16(20(14)4)6-5-8-19-15/h5-6,8,11,13H,7,9-10,12H2,1-4H3. The van der Waals surface area contributed by atoms with Crippen molar-refractivity contribution in [3.8, 4) is 0 Å². The molecule has 3 rings (SSSR count). The summed E-state index contributed by atoms with van der Waals surface area (Å²) in [5, 5.41) is 0. The minimum atomic E-state index is -0.434. The number of rotatable bonds is 2. The summed E-state index contributed by atoms with van der Waals surface area (Å²) in [5.74, 6) is 0.477. The maximum Gasteiger partial charge on any atom is 0.410 e. The van der Waals surface area contributed by atoms with Crippen LogP contribution >= 0.6 is 0 Å². The Morgan fingerprint density at radius 2 is 2.22 bits per heavy atom. The number of aromatic nitrogens is 2. The molecule has 0 spiro atoms. The van der Waals surface area contributed by atoms with E-state index in [0.29, 0.717) is 5.92 Å². The van der Waals surface area contributed by atoms with Crippen LogP contribution in [0.3, 0.4) is 0 Å². The highest BCUT2D eigenvalue weighted by molar-refractivity contribution is 5.76. The third-order valence-electron chi connectivity index (χ3n) is 4.35. The zero-order valence-corrected chi connectivity index (χ0v) is 14.4. The molecule has 1 amide bonds. The van der Waals surface area contributed by atoms with E-state index in [4.69, 9.17) is 4.74 Å². The summed E-state index contributed by atoms with van der Waals surface area (Å²) in [7, 11) is 2.08. The first-order valence-corrected chi connectivity index (χ1v) is 8.21. The first-order chi connectivity index (χ1) is 10.8. The van der Waals surface area contributed by atoms with Crippen LogP contribution in [0.25, 0.3) is 11.0 Å². The summed E-state index contributed by atoms with van der Waals surface area (Å²) in [6.07, 6.45) is 3.62. The van der Waals surface area contributed by atoms with Crippen molar-refractivity contribution in [3.63, 3.8) is 0 Å². The molecule has 0 bridgehead atoms. The first-order valence-electron chi connectivity index (χ1n) is 8.21. The van der Waals surface area contributed by atoms with E-state index in [2.05, 4.69) is 28.7 Å². The first kappa shape index (κ1) is 15.8. The molecule has 0 radical (unpaired) electrons. The summed E-state index contributed by atoms with van der Waals surface area (Å²) in [6, 6.07) is 6.21. The molecular formula is C18H25N3O2. The van der Waals surface area contributed by atoms with Crippen LogP contribution in [0.4, 0.5) is 4.79 Å². The minimum Gasteiger partial charge on any atom is -0.444 e. The monoisotopic (exact) mass is 315 g/mol. The predicted molar refractivity (Wildman–Crippen MR) is 90.3 cm³/mol. The van der Waals surface area contributed by atoms with Crippen molar-refractivity contribution in [1.82, 2.24) is 14.5 Å². The van der Waals surface area contributed by atoms with Gasteiger partial charge in [0.05, 0.1) is 11.0 Å². The van der Waals surface area contributed by atoms with Gasteiger partial charge in [-0.1, -0.05) is 0 Å². The van der Waals surface area contributed by atoms with Crippen molar-refractivity contribution in [2.75, 3.05) is 13.1 Å². The Morgan fingerprint density at radius 1 is 1.43 bits per heavy atom. The van der Waals surface area contributed by atoms with Gasteiger partial charge in [0.1, 0.15) is 5.60 Å². The van der Waals surface area contributed by atoms with Gasteiger partial charge in [-0.05, 0) is 57.7 Å². The third kappa shape index (κ3) is 3.49. The highest BCUT2D eigenvalue weighted by Gasteiger charge is 2.30. The molecule has 0 aromatic carbocycles. The number of pyridine rings is 1. The van der Waals surface area contributed by atoms with E-state index in [0.717, 1.165) is 37.0 Å². The quantitative estimate of drug-likeness (QED) is 0.853. The molecule has 1 unspecified atom stereocenters. The molecule has 1 atom stereocenters. The van der Waals surface area contributed by atoms with Crippen LogP contribution < -0.4 is 0 Å². The Morgan fingerprint density at radius 3 is 2.91 bits per heavy atom. The average Bonchev–Trinajstić information content (AvgIpc) is 3.04. The molecule has 1 aliphatic rings. The topological polar surface area (TPSA) is 47.4 Å². The van der Waals surface area contributed by atoms with E-state index in [1.54, 1.807) is 0 Å². The highest BCUT2D eigenvalue weighted by atomic mass is 16.6. The normalized spacial score (nSPS) is 18.6. The lowest BCUT2D eigenvalue weighted by atomic mass is 10.0. The Labute approximate surface area is 137 Å². The van der Waals surface area contributed by atoms with Gasteiger partial charge in [0.2, 0.25) is 0 Å². The summed E-state index contributed by atoms with van der Waals surface area (Å²) in [4.78, 5) is 18.4. The van der Waals surface area contributed by atoms with Crippen molar-refractivity contribution in [1.29, 1.82) is 0 Å². The average molecular weight is 315 g/mol. The fourth-order valence-electron chi connectivity index (χ4n) is 3.20. The Balaban J connectivity index is 1.65. The Kier molecular flexibility index (Phi) is 4.04. The van der Waals surface area contributed by atoms with Crippen molar-refractivity contribution in [2.24, 2.45) is 13.0 Å². The summed E-state index contributed by atoms with van der Waals surface area (Å²) in [5.41, 5.74) is 3.03. The fraction of sp³-hybridized carbons (Fsp3) is 0.556. The number of nitrogens with zero attached hydrogens (tertiary/aromatic N) is 3. The molecule has 1 aliphatic heterocycles. The van der Waals surface area contributed by atoms with Crippen molar-refractivity contribution in [3.05, 3.63) is 30.1 Å². The van der Waals surface area contributed by atoms with Gasteiger partial charge in [-0.3, -0.25) is 4.98 Å². The zero-order chi connectivity index (χ0) is 16.6. The molecule has 5 heteroatoms. The molecule has 1 fully saturated rings. The van der Waals surface area contributed by atoms with Crippen LogP contribution in [0, 0.1) is 5.92 Å². The summed E-state index contributed by atoms with van der Waals surface area (Å²) >= 11 is 0. The SMILES string of the molecule is Cn1c(CC2CCN(C(=O)OC(C)(C)C)C2)cc2ncccc21. The Hall–Kier alpha value is -2.04. The molecule has 124 valence electrons. The Bertz CT molecular complexity index is 715. The van der Waals surface area contributed by atoms with Gasteiger partial charge in [0, 0.05) is 32.0 Å². The second kappa shape index (κ2) is 5.87. The second-order valence-corrected chi connectivity index (χ2v) is 7.39. The molecule has 23 heavy (non-hydrogen) atoms. The lowest BCUT2D eigenvalue weighted by Gasteiger charge is -2.24. The number of hydrogen-bond donors (Lipinski definition) is 0. The molecule has 2 aromatic heterocycles. The lowest BCUT2D eigenvalue weighted by Crippen LogP contribution is -2.35. The summed E-state index contributed by atoms with van der Waals surface area (Å²) < 4.78 is 7.67. The van der Waals surface area contributed by atoms with E-state index in [9.17, 15) is 4.79 Å². The van der Waals surface area contributed by atoms with Crippen molar-refractivity contribution >= 4 is 17.1 Å². The number of amides is 1. The number of hydrogen-bond acceptors (Lipinski definition) is 3. The number of ether oxygens (including phenoxy) is 1. The number of aryl methyl sites for hydroxylation is 1. The molecule has 3 heterocycles. The molecule has 1 saturated heterocycles. The highest BCUT2D eigenvalue weighted by Crippen LogP contribution is 2.25. The molecule has 5 nitrogen and oxygen atoms in total. The van der Waals surface area contributed by atoms with Crippen LogP contribution in [-0.4, -0.2) is 39.2 Å². The maximum absolute atomic E-state index is 12.2. The van der Waals surface area contributed by atoms with Gasteiger partial charge in [-0.15, -0.1) is 0 Å². The zero-order valence-electron chi connectivity index (χ0n) is 14.4. The molecule has 2 aromatic rings. The molecule has 0 N–H and O–H groups in total. The van der Waals surface area contributed by atoms with Crippen LogP contribution in [0.1, 0.15) is 32.9 Å². The van der Waals surface area contributed by atoms with Gasteiger partial charge in [-0.2, -0.15) is 0 Å². The van der Waals surface area contributed by atoms with Crippen molar-refractivity contribution < 1.29 is 9.53 Å². The predicted octanol–water partition coefficient (Wildman–Crippen LogP) is 3.37. The van der Waals surface area contributed by atoms with Gasteiger partial charge >= 0.3 is 6.09 Å². The number of carbonyl (C=O) groups excluding carboxylic acids is 1. The number of fused-ring (bicyclic) bond motifs is 1. The fourth-order valence-corrected chi connectivity index (χ4v) is 3.20. The van der Waals surface area contributed by atoms with Gasteiger partial charge in [0.25, 0.3) is 0 Å². The number of carbonyl (C=O) groups is 1. The van der Waals surface area contributed by atoms with E-state index < -0.39 is 5.60 Å². The van der Waals surface area contributed by atoms with Crippen LogP contribution in [0.2, 0.25) is 0 Å². The van der Waals surface area contributed by atoms with E-state index in [1.807, 2.05) is 37.9 Å². The molecular weight excluding hydrogens is 290 g/mol. The molecule has 0 saturated carbocycles. The van der Waals surface area contributed by atoms with E-state index >= 15 is 0 Å². The van der Waals surface area contributed by atoms with Crippen LogP contribution in [0.15, 0.2) is 24.4 Å². The number of likely N-dealkylation sites (tertiary alicyclic amines) is 1. The van der Waals surface area contributed by atoms with Gasteiger partial charge in [0.15, 0.2) is 0 Å². The van der Waals surface area contributed by atoms with E-state index in [-0.39, 0.29) is 6.09 Å². The van der Waals surface area contributed by atoms with Gasteiger partial charge < -0.3 is 14.2 Å². The van der Waals surface area contributed by atoms with Crippen LogP contribution in [-0.2, 0) is 18.2 Å². The van der Waals surface area contributed by atoms with Gasteiger partial charge in [-0.25, -0.2) is 4.79 Å². The molecule has 0 aliphatic carbocycles. The van der Waals surface area contributed by atoms with E-state index in [1.165, 1.54) is 5.69 Å². The third-order valence-corrected chi connectivity index (χ3v) is 4.35.